The van der Waals surface area contributed by atoms with E-state index in [2.05, 4.69) is 26.6 Å². The number of amides is 1. The fraction of sp³-hybridized carbons (Fsp3) is 0.300. The zero-order chi connectivity index (χ0) is 10.3. The summed E-state index contributed by atoms with van der Waals surface area (Å²) in [6, 6.07) is 5.77. The van der Waals surface area contributed by atoms with Crippen molar-refractivity contribution in [1.82, 2.24) is 0 Å². The number of hydrogen-bond donors (Lipinski definition) is 2. The van der Waals surface area contributed by atoms with E-state index >= 15 is 0 Å². The molecule has 0 aromatic heterocycles. The van der Waals surface area contributed by atoms with E-state index in [0.29, 0.717) is 0 Å². The number of hydrogen-bond acceptors (Lipinski definition) is 2. The Bertz CT molecular complexity index is 401. The molecule has 0 aliphatic carbocycles. The van der Waals surface area contributed by atoms with Crippen LogP contribution in [-0.2, 0) is 4.79 Å². The molecule has 0 bridgehead atoms. The van der Waals surface area contributed by atoms with Crippen LogP contribution in [0.3, 0.4) is 0 Å². The van der Waals surface area contributed by atoms with Crippen molar-refractivity contribution in [3.8, 4) is 0 Å². The molecule has 0 radical (unpaired) electrons. The van der Waals surface area contributed by atoms with Crippen LogP contribution in [0.2, 0.25) is 0 Å². The molecule has 1 aliphatic rings. The summed E-state index contributed by atoms with van der Waals surface area (Å²) < 4.78 is 0.957. The summed E-state index contributed by atoms with van der Waals surface area (Å²) in [4.78, 5) is 11.6. The highest BCUT2D eigenvalue weighted by Crippen LogP contribution is 2.32. The largest absolute Gasteiger partial charge is 0.370 e. The number of halogens is 1. The maximum Gasteiger partial charge on any atom is 0.249 e. The van der Waals surface area contributed by atoms with Crippen molar-refractivity contribution in [2.24, 2.45) is 0 Å². The van der Waals surface area contributed by atoms with E-state index in [4.69, 9.17) is 0 Å². The van der Waals surface area contributed by atoms with Gasteiger partial charge < -0.3 is 10.6 Å². The third-order valence-corrected chi connectivity index (χ3v) is 2.74. The van der Waals surface area contributed by atoms with Crippen LogP contribution < -0.4 is 10.6 Å². The lowest BCUT2D eigenvalue weighted by Crippen LogP contribution is -2.47. The van der Waals surface area contributed by atoms with Crippen molar-refractivity contribution in [2.45, 2.75) is 19.4 Å². The quantitative estimate of drug-likeness (QED) is 0.748. The van der Waals surface area contributed by atoms with Crippen molar-refractivity contribution >= 4 is 33.2 Å². The predicted molar refractivity (Wildman–Crippen MR) is 60.5 cm³/mol. The third kappa shape index (κ3) is 1.50. The molecule has 3 nitrogen and oxygen atoms in total. The summed E-state index contributed by atoms with van der Waals surface area (Å²) in [7, 11) is 0. The van der Waals surface area contributed by atoms with Crippen molar-refractivity contribution in [3.63, 3.8) is 0 Å². The Balaban J connectivity index is 2.46. The monoisotopic (exact) mass is 254 g/mol. The van der Waals surface area contributed by atoms with Crippen molar-refractivity contribution in [1.29, 1.82) is 0 Å². The lowest BCUT2D eigenvalue weighted by Gasteiger charge is -2.32. The molecular weight excluding hydrogens is 244 g/mol. The summed E-state index contributed by atoms with van der Waals surface area (Å²) in [6.45, 7) is 3.71. The highest BCUT2D eigenvalue weighted by atomic mass is 79.9. The van der Waals surface area contributed by atoms with Gasteiger partial charge in [-0.15, -0.1) is 0 Å². The average Bonchev–Trinajstić information content (AvgIpc) is 2.08. The zero-order valence-corrected chi connectivity index (χ0v) is 9.60. The summed E-state index contributed by atoms with van der Waals surface area (Å²) >= 11 is 3.36. The molecule has 1 amide bonds. The Morgan fingerprint density at radius 2 is 2.00 bits per heavy atom. The maximum absolute atomic E-state index is 11.6. The van der Waals surface area contributed by atoms with Crippen molar-refractivity contribution in [3.05, 3.63) is 22.7 Å². The van der Waals surface area contributed by atoms with E-state index in [1.807, 2.05) is 32.0 Å². The highest BCUT2D eigenvalue weighted by molar-refractivity contribution is 9.10. The van der Waals surface area contributed by atoms with Crippen LogP contribution in [0.1, 0.15) is 13.8 Å². The minimum Gasteiger partial charge on any atom is -0.370 e. The van der Waals surface area contributed by atoms with Crippen LogP contribution in [0, 0.1) is 0 Å². The molecule has 1 heterocycles. The average molecular weight is 255 g/mol. The Kier molecular flexibility index (Phi) is 2.03. The minimum absolute atomic E-state index is 0.0110. The highest BCUT2D eigenvalue weighted by Gasteiger charge is 2.32. The summed E-state index contributed by atoms with van der Waals surface area (Å²) in [5.74, 6) is -0.0110. The van der Waals surface area contributed by atoms with Crippen LogP contribution in [0.5, 0.6) is 0 Å². The van der Waals surface area contributed by atoms with E-state index in [1.165, 1.54) is 0 Å². The molecule has 1 aromatic carbocycles. The van der Waals surface area contributed by atoms with E-state index in [9.17, 15) is 4.79 Å². The molecule has 0 unspecified atom stereocenters. The molecule has 1 aromatic rings. The van der Waals surface area contributed by atoms with Crippen LogP contribution in [0.15, 0.2) is 22.7 Å². The van der Waals surface area contributed by atoms with E-state index < -0.39 is 5.54 Å². The first-order valence-electron chi connectivity index (χ1n) is 4.38. The van der Waals surface area contributed by atoms with Crippen LogP contribution in [0.4, 0.5) is 11.4 Å². The molecule has 2 N–H and O–H groups in total. The zero-order valence-electron chi connectivity index (χ0n) is 8.02. The van der Waals surface area contributed by atoms with E-state index in [0.717, 1.165) is 15.8 Å². The number of carbonyl (C=O) groups is 1. The second-order valence-electron chi connectivity index (χ2n) is 3.89. The van der Waals surface area contributed by atoms with Gasteiger partial charge in [-0.2, -0.15) is 0 Å². The van der Waals surface area contributed by atoms with Gasteiger partial charge in [-0.1, -0.05) is 15.9 Å². The van der Waals surface area contributed by atoms with Gasteiger partial charge in [0.15, 0.2) is 0 Å². The third-order valence-electron chi connectivity index (χ3n) is 2.24. The lowest BCUT2D eigenvalue weighted by molar-refractivity contribution is -0.119. The van der Waals surface area contributed by atoms with Gasteiger partial charge in [0.1, 0.15) is 5.54 Å². The fourth-order valence-corrected chi connectivity index (χ4v) is 1.76. The molecule has 0 fully saturated rings. The van der Waals surface area contributed by atoms with Gasteiger partial charge in [-0.3, -0.25) is 4.79 Å². The van der Waals surface area contributed by atoms with Crippen molar-refractivity contribution in [2.75, 3.05) is 10.6 Å². The topological polar surface area (TPSA) is 41.1 Å². The molecule has 4 heteroatoms. The van der Waals surface area contributed by atoms with E-state index in [-0.39, 0.29) is 5.91 Å². The number of fused-ring (bicyclic) bond motifs is 1. The molecule has 14 heavy (non-hydrogen) atoms. The number of benzene rings is 1. The molecule has 0 atom stereocenters. The number of nitrogens with one attached hydrogen (secondary N) is 2. The maximum atomic E-state index is 11.6. The summed E-state index contributed by atoms with van der Waals surface area (Å²) in [5.41, 5.74) is 1.24. The van der Waals surface area contributed by atoms with Gasteiger partial charge in [0.2, 0.25) is 5.91 Å². The standard InChI is InChI=1S/C10H11BrN2O/c1-10(2)9(14)12-8-5-6(11)3-4-7(8)13-10/h3-5,13H,1-2H3,(H,12,14). The molecule has 0 spiro atoms. The Labute approximate surface area is 91.0 Å². The van der Waals surface area contributed by atoms with Crippen LogP contribution in [0.25, 0.3) is 0 Å². The number of rotatable bonds is 0. The first kappa shape index (κ1) is 9.52. The number of anilines is 2. The van der Waals surface area contributed by atoms with Gasteiger partial charge >= 0.3 is 0 Å². The van der Waals surface area contributed by atoms with Gasteiger partial charge in [0, 0.05) is 4.47 Å². The van der Waals surface area contributed by atoms with Gasteiger partial charge in [-0.05, 0) is 32.0 Å². The Hall–Kier alpha value is -1.03. The molecule has 74 valence electrons. The first-order chi connectivity index (χ1) is 6.49. The normalized spacial score (nSPS) is 18.1. The second kappa shape index (κ2) is 2.98. The Morgan fingerprint density at radius 3 is 2.71 bits per heavy atom. The number of carbonyl (C=O) groups excluding carboxylic acids is 1. The summed E-state index contributed by atoms with van der Waals surface area (Å²) in [6.07, 6.45) is 0. The smallest absolute Gasteiger partial charge is 0.249 e. The SMILES string of the molecule is CC1(C)Nc2ccc(Br)cc2NC1=O. The summed E-state index contributed by atoms with van der Waals surface area (Å²) in [5, 5.41) is 6.04. The Morgan fingerprint density at radius 1 is 1.29 bits per heavy atom. The second-order valence-corrected chi connectivity index (χ2v) is 4.81. The van der Waals surface area contributed by atoms with E-state index in [1.54, 1.807) is 0 Å². The molecule has 1 aliphatic heterocycles. The molecular formula is C10H11BrN2O. The van der Waals surface area contributed by atoms with Gasteiger partial charge in [0.05, 0.1) is 11.4 Å². The minimum atomic E-state index is -0.541. The fourth-order valence-electron chi connectivity index (χ4n) is 1.40. The predicted octanol–water partition coefficient (Wildman–Crippen LogP) is 2.59. The van der Waals surface area contributed by atoms with Crippen LogP contribution >= 0.6 is 15.9 Å². The van der Waals surface area contributed by atoms with Crippen LogP contribution in [-0.4, -0.2) is 11.4 Å². The molecule has 0 saturated carbocycles. The lowest BCUT2D eigenvalue weighted by atomic mass is 10.0. The van der Waals surface area contributed by atoms with Gasteiger partial charge in [-0.25, -0.2) is 0 Å². The van der Waals surface area contributed by atoms with Gasteiger partial charge in [0.25, 0.3) is 0 Å². The molecule has 0 saturated heterocycles. The molecule has 2 rings (SSSR count). The van der Waals surface area contributed by atoms with Crippen molar-refractivity contribution < 1.29 is 4.79 Å². The first-order valence-corrected chi connectivity index (χ1v) is 5.17.